The Morgan fingerprint density at radius 3 is 2.79 bits per heavy atom. The summed E-state index contributed by atoms with van der Waals surface area (Å²) in [5.41, 5.74) is 3.87. The summed E-state index contributed by atoms with van der Waals surface area (Å²) in [6.07, 6.45) is 2.38. The summed E-state index contributed by atoms with van der Waals surface area (Å²) in [5, 5.41) is 1.12. The second-order valence-electron chi connectivity index (χ2n) is 4.85. The van der Waals surface area contributed by atoms with Crippen LogP contribution in [0.15, 0.2) is 48.5 Å². The molecule has 19 heavy (non-hydrogen) atoms. The smallest absolute Gasteiger partial charge is 0.190 e. The van der Waals surface area contributed by atoms with Gasteiger partial charge in [-0.3, -0.25) is 0 Å². The Kier molecular flexibility index (Phi) is 2.52. The van der Waals surface area contributed by atoms with Crippen molar-refractivity contribution in [2.75, 3.05) is 11.4 Å². The third-order valence-corrected chi connectivity index (χ3v) is 4.68. The van der Waals surface area contributed by atoms with E-state index in [1.807, 2.05) is 0 Å². The van der Waals surface area contributed by atoms with Crippen LogP contribution in [-0.4, -0.2) is 11.5 Å². The molecule has 0 unspecified atom stereocenters. The number of thiazole rings is 1. The summed E-state index contributed by atoms with van der Waals surface area (Å²) in [6, 6.07) is 17.0. The Hall–Kier alpha value is -1.87. The van der Waals surface area contributed by atoms with Crippen LogP contribution in [0.4, 0.5) is 10.8 Å². The molecule has 0 amide bonds. The van der Waals surface area contributed by atoms with Gasteiger partial charge in [-0.25, -0.2) is 4.98 Å². The Labute approximate surface area is 116 Å². The van der Waals surface area contributed by atoms with Gasteiger partial charge in [0, 0.05) is 12.2 Å². The van der Waals surface area contributed by atoms with Crippen LogP contribution in [0.2, 0.25) is 0 Å². The average molecular weight is 266 g/mol. The van der Waals surface area contributed by atoms with Crippen molar-refractivity contribution in [3.63, 3.8) is 0 Å². The van der Waals surface area contributed by atoms with Crippen LogP contribution < -0.4 is 4.90 Å². The van der Waals surface area contributed by atoms with Crippen molar-refractivity contribution in [1.82, 2.24) is 4.98 Å². The monoisotopic (exact) mass is 266 g/mol. The highest BCUT2D eigenvalue weighted by Crippen LogP contribution is 2.37. The predicted molar refractivity (Wildman–Crippen MR) is 81.4 cm³/mol. The summed E-state index contributed by atoms with van der Waals surface area (Å²) < 4.78 is 1.26. The predicted octanol–water partition coefficient (Wildman–Crippen LogP) is 4.38. The van der Waals surface area contributed by atoms with E-state index in [9.17, 15) is 0 Å². The summed E-state index contributed by atoms with van der Waals surface area (Å²) in [6.45, 7) is 1.07. The molecule has 3 aromatic rings. The largest absolute Gasteiger partial charge is 0.318 e. The lowest BCUT2D eigenvalue weighted by molar-refractivity contribution is 0.765. The molecule has 2 heterocycles. The maximum absolute atomic E-state index is 4.78. The van der Waals surface area contributed by atoms with Crippen LogP contribution in [0, 0.1) is 0 Å². The van der Waals surface area contributed by atoms with Gasteiger partial charge >= 0.3 is 0 Å². The topological polar surface area (TPSA) is 16.1 Å². The molecule has 0 spiro atoms. The molecule has 0 saturated carbocycles. The first-order chi connectivity index (χ1) is 9.42. The molecule has 0 bridgehead atoms. The van der Waals surface area contributed by atoms with Gasteiger partial charge in [0.25, 0.3) is 0 Å². The fourth-order valence-electron chi connectivity index (χ4n) is 2.71. The lowest BCUT2D eigenvalue weighted by Crippen LogP contribution is -2.24. The second-order valence-corrected chi connectivity index (χ2v) is 5.86. The zero-order valence-electron chi connectivity index (χ0n) is 10.5. The van der Waals surface area contributed by atoms with Crippen molar-refractivity contribution in [3.05, 3.63) is 54.1 Å². The van der Waals surface area contributed by atoms with E-state index in [2.05, 4.69) is 53.4 Å². The van der Waals surface area contributed by atoms with Gasteiger partial charge < -0.3 is 4.90 Å². The van der Waals surface area contributed by atoms with Gasteiger partial charge in [-0.2, -0.15) is 0 Å². The van der Waals surface area contributed by atoms with E-state index >= 15 is 0 Å². The zero-order chi connectivity index (χ0) is 12.7. The Balaban J connectivity index is 1.85. The Morgan fingerprint density at radius 1 is 1.00 bits per heavy atom. The minimum atomic E-state index is 1.07. The maximum atomic E-state index is 4.78. The molecule has 94 valence electrons. The van der Waals surface area contributed by atoms with Gasteiger partial charge in [-0.05, 0) is 36.6 Å². The van der Waals surface area contributed by atoms with Crippen molar-refractivity contribution < 1.29 is 0 Å². The van der Waals surface area contributed by atoms with E-state index in [1.165, 1.54) is 28.8 Å². The third-order valence-electron chi connectivity index (χ3n) is 3.62. The van der Waals surface area contributed by atoms with Crippen LogP contribution in [0.3, 0.4) is 0 Å². The van der Waals surface area contributed by atoms with Gasteiger partial charge in [0.05, 0.1) is 10.2 Å². The number of rotatable bonds is 1. The average Bonchev–Trinajstić information content (AvgIpc) is 2.90. The molecule has 1 aliphatic rings. The molecule has 2 aromatic carbocycles. The molecule has 0 radical (unpaired) electrons. The number of para-hydroxylation sites is 2. The van der Waals surface area contributed by atoms with E-state index in [0.29, 0.717) is 0 Å². The molecular formula is C16H14N2S. The molecule has 4 rings (SSSR count). The van der Waals surface area contributed by atoms with E-state index in [0.717, 1.165) is 17.2 Å². The number of fused-ring (bicyclic) bond motifs is 2. The number of aromatic nitrogens is 1. The fraction of sp³-hybridized carbons (Fsp3) is 0.188. The van der Waals surface area contributed by atoms with Gasteiger partial charge in [0.15, 0.2) is 5.13 Å². The summed E-state index contributed by atoms with van der Waals surface area (Å²) in [5.74, 6) is 0. The Morgan fingerprint density at radius 2 is 1.84 bits per heavy atom. The van der Waals surface area contributed by atoms with Crippen LogP contribution in [0.25, 0.3) is 10.2 Å². The zero-order valence-corrected chi connectivity index (χ0v) is 11.4. The first-order valence-electron chi connectivity index (χ1n) is 6.63. The first-order valence-corrected chi connectivity index (χ1v) is 7.44. The number of benzene rings is 2. The molecule has 0 saturated heterocycles. The van der Waals surface area contributed by atoms with Crippen molar-refractivity contribution >= 4 is 32.4 Å². The quantitative estimate of drug-likeness (QED) is 0.649. The minimum Gasteiger partial charge on any atom is -0.318 e. The summed E-state index contributed by atoms with van der Waals surface area (Å²) in [7, 11) is 0. The van der Waals surface area contributed by atoms with Crippen molar-refractivity contribution in [3.8, 4) is 0 Å². The van der Waals surface area contributed by atoms with Crippen molar-refractivity contribution in [2.24, 2.45) is 0 Å². The maximum Gasteiger partial charge on any atom is 0.190 e. The summed E-state index contributed by atoms with van der Waals surface area (Å²) in [4.78, 5) is 7.14. The molecule has 0 fully saturated rings. The van der Waals surface area contributed by atoms with Crippen LogP contribution in [0.1, 0.15) is 12.0 Å². The molecule has 0 atom stereocenters. The fourth-order valence-corrected chi connectivity index (χ4v) is 3.71. The molecule has 3 heteroatoms. The SMILES string of the molecule is c1ccc2c(c1)CCCN2c1nc2ccccc2s1. The minimum absolute atomic E-state index is 1.07. The third kappa shape index (κ3) is 1.81. The molecule has 1 aliphatic heterocycles. The van der Waals surface area contributed by atoms with Gasteiger partial charge in [-0.1, -0.05) is 41.7 Å². The normalized spacial score (nSPS) is 14.6. The second kappa shape index (κ2) is 4.35. The molecule has 2 nitrogen and oxygen atoms in total. The summed E-state index contributed by atoms with van der Waals surface area (Å²) >= 11 is 1.78. The molecule has 0 aliphatic carbocycles. The number of hydrogen-bond acceptors (Lipinski definition) is 3. The molecular weight excluding hydrogens is 252 g/mol. The standard InChI is InChI=1S/C16H14N2S/c1-3-9-14-12(6-1)7-5-11-18(14)16-17-13-8-2-4-10-15(13)19-16/h1-4,6,8-10H,5,7,11H2. The number of anilines is 2. The molecule has 0 N–H and O–H groups in total. The van der Waals surface area contributed by atoms with Crippen LogP contribution in [-0.2, 0) is 6.42 Å². The highest BCUT2D eigenvalue weighted by molar-refractivity contribution is 7.22. The van der Waals surface area contributed by atoms with Crippen LogP contribution in [0.5, 0.6) is 0 Å². The van der Waals surface area contributed by atoms with E-state index in [-0.39, 0.29) is 0 Å². The lowest BCUT2D eigenvalue weighted by atomic mass is 10.0. The van der Waals surface area contributed by atoms with Crippen molar-refractivity contribution in [1.29, 1.82) is 0 Å². The number of nitrogens with zero attached hydrogens (tertiary/aromatic N) is 2. The van der Waals surface area contributed by atoms with Crippen LogP contribution >= 0.6 is 11.3 Å². The van der Waals surface area contributed by atoms with Gasteiger partial charge in [-0.15, -0.1) is 0 Å². The van der Waals surface area contributed by atoms with E-state index in [4.69, 9.17) is 4.98 Å². The van der Waals surface area contributed by atoms with E-state index < -0.39 is 0 Å². The van der Waals surface area contributed by atoms with E-state index in [1.54, 1.807) is 11.3 Å². The van der Waals surface area contributed by atoms with Gasteiger partial charge in [0.2, 0.25) is 0 Å². The number of hydrogen-bond donors (Lipinski definition) is 0. The highest BCUT2D eigenvalue weighted by Gasteiger charge is 2.20. The van der Waals surface area contributed by atoms with Gasteiger partial charge in [0.1, 0.15) is 0 Å². The Bertz CT molecular complexity index is 699. The number of aryl methyl sites for hydroxylation is 1. The molecule has 1 aromatic heterocycles. The first kappa shape index (κ1) is 11.0. The lowest BCUT2D eigenvalue weighted by Gasteiger charge is -2.28. The van der Waals surface area contributed by atoms with Crippen molar-refractivity contribution in [2.45, 2.75) is 12.8 Å². The highest BCUT2D eigenvalue weighted by atomic mass is 32.1.